The minimum Gasteiger partial charge on any atom is -0.494 e. The summed E-state index contributed by atoms with van der Waals surface area (Å²) in [5.41, 5.74) is 1.84. The van der Waals surface area contributed by atoms with Gasteiger partial charge in [-0.05, 0) is 43.0 Å². The number of ether oxygens (including phenoxy) is 1. The van der Waals surface area contributed by atoms with E-state index in [1.165, 1.54) is 0 Å². The topological polar surface area (TPSA) is 46.5 Å². The number of carboxylic acids is 1. The van der Waals surface area contributed by atoms with E-state index in [1.807, 2.05) is 45.9 Å². The number of hydrogen-bond acceptors (Lipinski definition) is 2. The van der Waals surface area contributed by atoms with Crippen molar-refractivity contribution in [3.8, 4) is 5.75 Å². The van der Waals surface area contributed by atoms with E-state index in [0.717, 1.165) is 16.9 Å². The highest BCUT2D eigenvalue weighted by molar-refractivity contribution is 5.77. The Morgan fingerprint density at radius 2 is 2.06 bits per heavy atom. The second-order valence-corrected chi connectivity index (χ2v) is 4.51. The molecule has 0 bridgehead atoms. The fourth-order valence-electron chi connectivity index (χ4n) is 2.03. The summed E-state index contributed by atoms with van der Waals surface area (Å²) in [5.74, 6) is -0.358. The van der Waals surface area contributed by atoms with Gasteiger partial charge in [-0.15, -0.1) is 0 Å². The SMILES string of the molecule is CCOc1ccc(C(C(=O)O)C(C)C)c(C)c1. The highest BCUT2D eigenvalue weighted by Gasteiger charge is 2.25. The zero-order valence-electron chi connectivity index (χ0n) is 10.9. The van der Waals surface area contributed by atoms with Crippen LogP contribution in [-0.2, 0) is 4.79 Å². The third kappa shape index (κ3) is 3.22. The molecular weight excluding hydrogens is 216 g/mol. The van der Waals surface area contributed by atoms with Gasteiger partial charge in [-0.3, -0.25) is 4.79 Å². The summed E-state index contributed by atoms with van der Waals surface area (Å²) < 4.78 is 5.39. The molecule has 1 aromatic carbocycles. The lowest BCUT2D eigenvalue weighted by atomic mass is 9.86. The average molecular weight is 236 g/mol. The van der Waals surface area contributed by atoms with Crippen LogP contribution in [0.4, 0.5) is 0 Å². The normalized spacial score (nSPS) is 12.5. The molecule has 0 aliphatic rings. The summed E-state index contributed by atoms with van der Waals surface area (Å²) in [6.45, 7) is 8.32. The lowest BCUT2D eigenvalue weighted by molar-refractivity contribution is -0.139. The first kappa shape index (κ1) is 13.6. The molecule has 0 saturated carbocycles. The molecule has 94 valence electrons. The molecule has 3 nitrogen and oxygen atoms in total. The molecule has 1 aromatic rings. The van der Waals surface area contributed by atoms with Crippen LogP contribution in [0.5, 0.6) is 5.75 Å². The van der Waals surface area contributed by atoms with E-state index >= 15 is 0 Å². The third-order valence-corrected chi connectivity index (χ3v) is 2.82. The lowest BCUT2D eigenvalue weighted by Crippen LogP contribution is -2.18. The van der Waals surface area contributed by atoms with Gasteiger partial charge in [-0.2, -0.15) is 0 Å². The summed E-state index contributed by atoms with van der Waals surface area (Å²) in [4.78, 5) is 11.3. The molecule has 1 rings (SSSR count). The van der Waals surface area contributed by atoms with E-state index in [-0.39, 0.29) is 5.92 Å². The Labute approximate surface area is 102 Å². The molecular formula is C14H20O3. The van der Waals surface area contributed by atoms with Crippen molar-refractivity contribution in [3.63, 3.8) is 0 Å². The Balaban J connectivity index is 3.09. The van der Waals surface area contributed by atoms with Crippen molar-refractivity contribution in [2.45, 2.75) is 33.6 Å². The van der Waals surface area contributed by atoms with Crippen molar-refractivity contribution < 1.29 is 14.6 Å². The van der Waals surface area contributed by atoms with E-state index in [2.05, 4.69) is 0 Å². The molecule has 0 heterocycles. The standard InChI is InChI=1S/C14H20O3/c1-5-17-11-6-7-12(10(4)8-11)13(9(2)3)14(15)16/h6-9,13H,5H2,1-4H3,(H,15,16). The molecule has 0 spiro atoms. The zero-order valence-corrected chi connectivity index (χ0v) is 10.9. The zero-order chi connectivity index (χ0) is 13.0. The molecule has 0 amide bonds. The average Bonchev–Trinajstić information content (AvgIpc) is 2.21. The van der Waals surface area contributed by atoms with Crippen LogP contribution in [-0.4, -0.2) is 17.7 Å². The molecule has 3 heteroatoms. The van der Waals surface area contributed by atoms with Crippen LogP contribution < -0.4 is 4.74 Å². The van der Waals surface area contributed by atoms with Gasteiger partial charge < -0.3 is 9.84 Å². The van der Waals surface area contributed by atoms with Crippen LogP contribution in [0.1, 0.15) is 37.8 Å². The number of benzene rings is 1. The van der Waals surface area contributed by atoms with Gasteiger partial charge in [0.2, 0.25) is 0 Å². The number of aryl methyl sites for hydroxylation is 1. The molecule has 0 aliphatic carbocycles. The van der Waals surface area contributed by atoms with E-state index < -0.39 is 11.9 Å². The van der Waals surface area contributed by atoms with Gasteiger partial charge in [-0.25, -0.2) is 0 Å². The summed E-state index contributed by atoms with van der Waals surface area (Å²) in [6, 6.07) is 5.60. The minimum absolute atomic E-state index is 0.0733. The molecule has 0 fully saturated rings. The predicted octanol–water partition coefficient (Wildman–Crippen LogP) is 3.22. The first-order valence-corrected chi connectivity index (χ1v) is 5.93. The van der Waals surface area contributed by atoms with Gasteiger partial charge in [0.1, 0.15) is 5.75 Å². The van der Waals surface area contributed by atoms with Crippen LogP contribution in [0.2, 0.25) is 0 Å². The second kappa shape index (κ2) is 5.71. The molecule has 17 heavy (non-hydrogen) atoms. The van der Waals surface area contributed by atoms with Crippen LogP contribution in [0, 0.1) is 12.8 Å². The first-order valence-electron chi connectivity index (χ1n) is 5.93. The van der Waals surface area contributed by atoms with Gasteiger partial charge >= 0.3 is 5.97 Å². The van der Waals surface area contributed by atoms with Crippen molar-refractivity contribution in [1.29, 1.82) is 0 Å². The minimum atomic E-state index is -0.771. The highest BCUT2D eigenvalue weighted by Crippen LogP contribution is 2.29. The maximum atomic E-state index is 11.3. The Bertz CT molecular complexity index is 396. The summed E-state index contributed by atoms with van der Waals surface area (Å²) in [7, 11) is 0. The summed E-state index contributed by atoms with van der Waals surface area (Å²) in [5, 5.41) is 9.26. The molecule has 1 unspecified atom stereocenters. The number of rotatable bonds is 5. The van der Waals surface area contributed by atoms with E-state index in [0.29, 0.717) is 6.61 Å². The maximum absolute atomic E-state index is 11.3. The van der Waals surface area contributed by atoms with Crippen molar-refractivity contribution >= 4 is 5.97 Å². The third-order valence-electron chi connectivity index (χ3n) is 2.82. The number of aliphatic carboxylic acids is 1. The Hall–Kier alpha value is -1.51. The van der Waals surface area contributed by atoms with Crippen molar-refractivity contribution in [2.24, 2.45) is 5.92 Å². The molecule has 0 aromatic heterocycles. The van der Waals surface area contributed by atoms with Crippen molar-refractivity contribution in [1.82, 2.24) is 0 Å². The van der Waals surface area contributed by atoms with Gasteiger partial charge in [0, 0.05) is 0 Å². The monoisotopic (exact) mass is 236 g/mol. The predicted molar refractivity (Wildman–Crippen MR) is 67.6 cm³/mol. The molecule has 0 aliphatic heterocycles. The van der Waals surface area contributed by atoms with Crippen molar-refractivity contribution in [3.05, 3.63) is 29.3 Å². The maximum Gasteiger partial charge on any atom is 0.311 e. The quantitative estimate of drug-likeness (QED) is 0.853. The van der Waals surface area contributed by atoms with Crippen LogP contribution >= 0.6 is 0 Å². The van der Waals surface area contributed by atoms with Gasteiger partial charge in [0.15, 0.2) is 0 Å². The lowest BCUT2D eigenvalue weighted by Gasteiger charge is -2.19. The van der Waals surface area contributed by atoms with Gasteiger partial charge in [-0.1, -0.05) is 19.9 Å². The fraction of sp³-hybridized carbons (Fsp3) is 0.500. The van der Waals surface area contributed by atoms with E-state index in [4.69, 9.17) is 4.74 Å². The Kier molecular flexibility index (Phi) is 4.55. The molecule has 1 atom stereocenters. The Morgan fingerprint density at radius 3 is 2.47 bits per heavy atom. The van der Waals surface area contributed by atoms with Crippen LogP contribution in [0.25, 0.3) is 0 Å². The van der Waals surface area contributed by atoms with Crippen LogP contribution in [0.3, 0.4) is 0 Å². The van der Waals surface area contributed by atoms with Gasteiger partial charge in [0.25, 0.3) is 0 Å². The van der Waals surface area contributed by atoms with Gasteiger partial charge in [0.05, 0.1) is 12.5 Å². The Morgan fingerprint density at radius 1 is 1.41 bits per heavy atom. The largest absolute Gasteiger partial charge is 0.494 e. The van der Waals surface area contributed by atoms with E-state index in [1.54, 1.807) is 0 Å². The van der Waals surface area contributed by atoms with Crippen LogP contribution in [0.15, 0.2) is 18.2 Å². The number of hydrogen-bond donors (Lipinski definition) is 1. The summed E-state index contributed by atoms with van der Waals surface area (Å²) >= 11 is 0. The van der Waals surface area contributed by atoms with Crippen molar-refractivity contribution in [2.75, 3.05) is 6.61 Å². The molecule has 1 N–H and O–H groups in total. The highest BCUT2D eigenvalue weighted by atomic mass is 16.5. The second-order valence-electron chi connectivity index (χ2n) is 4.51. The first-order chi connectivity index (χ1) is 7.97. The van der Waals surface area contributed by atoms with E-state index in [9.17, 15) is 9.90 Å². The summed E-state index contributed by atoms with van der Waals surface area (Å²) in [6.07, 6.45) is 0. The number of carbonyl (C=O) groups is 1. The molecule has 0 saturated heterocycles. The smallest absolute Gasteiger partial charge is 0.311 e. The molecule has 0 radical (unpaired) electrons. The number of carboxylic acid groups (broad SMARTS) is 1. The fourth-order valence-corrected chi connectivity index (χ4v) is 2.03.